The van der Waals surface area contributed by atoms with Crippen molar-refractivity contribution in [3.8, 4) is 5.75 Å². The summed E-state index contributed by atoms with van der Waals surface area (Å²) in [6, 6.07) is 7.11. The molecule has 0 bridgehead atoms. The van der Waals surface area contributed by atoms with Gasteiger partial charge in [0.05, 0.1) is 18.2 Å². The van der Waals surface area contributed by atoms with Crippen molar-refractivity contribution in [2.45, 2.75) is 18.8 Å². The standard InChI is InChI=1S/C15H14F3N3O3S/c16-15(17,18)24-11-5-2-1-4-9(11)20-13(22)8-10(21-14(19)23)12-6-3-7-25-12/h1-7,10H,8H2,(H,20,22)(H3,19,21,23). The van der Waals surface area contributed by atoms with E-state index in [9.17, 15) is 22.8 Å². The maximum absolute atomic E-state index is 12.4. The number of thiophene rings is 1. The summed E-state index contributed by atoms with van der Waals surface area (Å²) in [7, 11) is 0. The summed E-state index contributed by atoms with van der Waals surface area (Å²) in [6.07, 6.45) is -5.09. The number of urea groups is 1. The minimum atomic E-state index is -4.88. The molecule has 0 saturated carbocycles. The van der Waals surface area contributed by atoms with Gasteiger partial charge in [0, 0.05) is 4.88 Å². The summed E-state index contributed by atoms with van der Waals surface area (Å²) in [5.41, 5.74) is 4.97. The van der Waals surface area contributed by atoms with E-state index in [1.807, 2.05) is 0 Å². The number of ether oxygens (including phenoxy) is 1. The molecule has 3 amide bonds. The average molecular weight is 373 g/mol. The van der Waals surface area contributed by atoms with Crippen molar-refractivity contribution in [2.24, 2.45) is 5.73 Å². The molecule has 1 aromatic carbocycles. The third-order valence-corrected chi connectivity index (χ3v) is 3.97. The first-order valence-corrected chi connectivity index (χ1v) is 7.86. The summed E-state index contributed by atoms with van der Waals surface area (Å²) >= 11 is 1.31. The van der Waals surface area contributed by atoms with Crippen LogP contribution in [-0.4, -0.2) is 18.3 Å². The van der Waals surface area contributed by atoms with Gasteiger partial charge in [-0.05, 0) is 23.6 Å². The van der Waals surface area contributed by atoms with Crippen molar-refractivity contribution in [3.05, 3.63) is 46.7 Å². The normalized spacial score (nSPS) is 12.3. The number of hydrogen-bond donors (Lipinski definition) is 3. The summed E-state index contributed by atoms with van der Waals surface area (Å²) in [6.45, 7) is 0. The number of hydrogen-bond acceptors (Lipinski definition) is 4. The van der Waals surface area contributed by atoms with Gasteiger partial charge in [0.1, 0.15) is 0 Å². The number of amides is 3. The number of anilines is 1. The molecule has 0 spiro atoms. The summed E-state index contributed by atoms with van der Waals surface area (Å²) in [4.78, 5) is 24.0. The molecule has 2 rings (SSSR count). The van der Waals surface area contributed by atoms with Gasteiger partial charge in [0.25, 0.3) is 0 Å². The fraction of sp³-hybridized carbons (Fsp3) is 0.200. The molecule has 0 aliphatic rings. The van der Waals surface area contributed by atoms with Crippen LogP contribution in [0.4, 0.5) is 23.7 Å². The molecule has 0 radical (unpaired) electrons. The van der Waals surface area contributed by atoms with Gasteiger partial charge in [-0.2, -0.15) is 0 Å². The molecule has 25 heavy (non-hydrogen) atoms. The smallest absolute Gasteiger partial charge is 0.404 e. The molecule has 0 aliphatic carbocycles. The Balaban J connectivity index is 2.10. The molecule has 10 heteroatoms. The van der Waals surface area contributed by atoms with Crippen molar-refractivity contribution < 1.29 is 27.5 Å². The number of nitrogens with one attached hydrogen (secondary N) is 2. The SMILES string of the molecule is NC(=O)NC(CC(=O)Nc1ccccc1OC(F)(F)F)c1cccs1. The lowest BCUT2D eigenvalue weighted by Crippen LogP contribution is -2.35. The Labute approximate surface area is 144 Å². The minimum absolute atomic E-state index is 0.131. The second kappa shape index (κ2) is 7.88. The zero-order valence-electron chi connectivity index (χ0n) is 12.7. The molecule has 1 atom stereocenters. The Bertz CT molecular complexity index is 735. The molecule has 0 saturated heterocycles. The van der Waals surface area contributed by atoms with Crippen molar-refractivity contribution in [1.29, 1.82) is 0 Å². The summed E-state index contributed by atoms with van der Waals surface area (Å²) < 4.78 is 41.1. The quantitative estimate of drug-likeness (QED) is 0.725. The molecule has 134 valence electrons. The topological polar surface area (TPSA) is 93.5 Å². The molecule has 1 aromatic heterocycles. The first-order chi connectivity index (χ1) is 11.7. The Morgan fingerprint density at radius 3 is 2.52 bits per heavy atom. The van der Waals surface area contributed by atoms with Crippen LogP contribution in [0.25, 0.3) is 0 Å². The number of alkyl halides is 3. The largest absolute Gasteiger partial charge is 0.573 e. The van der Waals surface area contributed by atoms with E-state index in [4.69, 9.17) is 5.73 Å². The van der Waals surface area contributed by atoms with Gasteiger partial charge in [-0.15, -0.1) is 24.5 Å². The van der Waals surface area contributed by atoms with Crippen LogP contribution in [-0.2, 0) is 4.79 Å². The van der Waals surface area contributed by atoms with Crippen LogP contribution in [0.1, 0.15) is 17.3 Å². The van der Waals surface area contributed by atoms with Crippen LogP contribution in [0.15, 0.2) is 41.8 Å². The predicted octanol–water partition coefficient (Wildman–Crippen LogP) is 3.38. The highest BCUT2D eigenvalue weighted by Gasteiger charge is 2.32. The highest BCUT2D eigenvalue weighted by atomic mass is 32.1. The first-order valence-electron chi connectivity index (χ1n) is 6.98. The van der Waals surface area contributed by atoms with Gasteiger partial charge in [-0.1, -0.05) is 18.2 Å². The molecule has 1 unspecified atom stereocenters. The number of benzene rings is 1. The van der Waals surface area contributed by atoms with Gasteiger partial charge in [-0.25, -0.2) is 4.79 Å². The number of para-hydroxylation sites is 2. The van der Waals surface area contributed by atoms with Gasteiger partial charge < -0.3 is 21.1 Å². The van der Waals surface area contributed by atoms with Gasteiger partial charge >= 0.3 is 12.4 Å². The van der Waals surface area contributed by atoms with Crippen molar-refractivity contribution in [3.63, 3.8) is 0 Å². The van der Waals surface area contributed by atoms with E-state index in [2.05, 4.69) is 15.4 Å². The zero-order valence-corrected chi connectivity index (χ0v) is 13.5. The fourth-order valence-corrected chi connectivity index (χ4v) is 2.83. The van der Waals surface area contributed by atoms with E-state index < -0.39 is 30.1 Å². The lowest BCUT2D eigenvalue weighted by molar-refractivity contribution is -0.274. The maximum atomic E-state index is 12.4. The Kier molecular flexibility index (Phi) is 5.86. The second-order valence-corrected chi connectivity index (χ2v) is 5.85. The van der Waals surface area contributed by atoms with Crippen molar-refractivity contribution in [1.82, 2.24) is 5.32 Å². The van der Waals surface area contributed by atoms with Crippen molar-refractivity contribution >= 4 is 29.0 Å². The second-order valence-electron chi connectivity index (χ2n) is 4.87. The molecule has 0 aliphatic heterocycles. The molecular weight excluding hydrogens is 359 g/mol. The van der Waals surface area contributed by atoms with Gasteiger partial charge in [-0.3, -0.25) is 4.79 Å². The molecule has 1 heterocycles. The summed E-state index contributed by atoms with van der Waals surface area (Å²) in [5.74, 6) is -1.13. The van der Waals surface area contributed by atoms with Crippen LogP contribution in [0.3, 0.4) is 0 Å². The van der Waals surface area contributed by atoms with E-state index >= 15 is 0 Å². The Morgan fingerprint density at radius 1 is 1.20 bits per heavy atom. The molecule has 0 fully saturated rings. The van der Waals surface area contributed by atoms with Crippen molar-refractivity contribution in [2.75, 3.05) is 5.32 Å². The monoisotopic (exact) mass is 373 g/mol. The predicted molar refractivity (Wildman–Crippen MR) is 86.2 cm³/mol. The lowest BCUT2D eigenvalue weighted by Gasteiger charge is -2.17. The lowest BCUT2D eigenvalue weighted by atomic mass is 10.1. The fourth-order valence-electron chi connectivity index (χ4n) is 2.05. The third-order valence-electron chi connectivity index (χ3n) is 2.98. The van der Waals surface area contributed by atoms with E-state index in [1.54, 1.807) is 17.5 Å². The number of carbonyl (C=O) groups is 2. The number of primary amides is 1. The van der Waals surface area contributed by atoms with Crippen LogP contribution in [0.5, 0.6) is 5.75 Å². The number of halogens is 3. The minimum Gasteiger partial charge on any atom is -0.404 e. The van der Waals surface area contributed by atoms with Crippen LogP contribution >= 0.6 is 11.3 Å². The van der Waals surface area contributed by atoms with Gasteiger partial charge in [0.2, 0.25) is 5.91 Å². The van der Waals surface area contributed by atoms with E-state index in [0.29, 0.717) is 4.88 Å². The van der Waals surface area contributed by atoms with Crippen LogP contribution in [0, 0.1) is 0 Å². The average Bonchev–Trinajstić information content (AvgIpc) is 3.01. The van der Waals surface area contributed by atoms with E-state index in [-0.39, 0.29) is 12.1 Å². The maximum Gasteiger partial charge on any atom is 0.573 e. The third kappa shape index (κ3) is 5.99. The number of rotatable bonds is 6. The van der Waals surface area contributed by atoms with Crippen LogP contribution in [0.2, 0.25) is 0 Å². The highest BCUT2D eigenvalue weighted by Crippen LogP contribution is 2.30. The first kappa shape index (κ1) is 18.6. The Hall–Kier alpha value is -2.75. The number of carbonyl (C=O) groups excluding carboxylic acids is 2. The Morgan fingerprint density at radius 2 is 1.92 bits per heavy atom. The molecule has 4 N–H and O–H groups in total. The van der Waals surface area contributed by atoms with Gasteiger partial charge in [0.15, 0.2) is 5.75 Å². The zero-order chi connectivity index (χ0) is 18.4. The molecular formula is C15H14F3N3O3S. The highest BCUT2D eigenvalue weighted by molar-refractivity contribution is 7.10. The number of nitrogens with two attached hydrogens (primary N) is 1. The van der Waals surface area contributed by atoms with Crippen LogP contribution < -0.4 is 21.1 Å². The van der Waals surface area contributed by atoms with E-state index in [0.717, 1.165) is 6.07 Å². The molecule has 6 nitrogen and oxygen atoms in total. The molecule has 2 aromatic rings. The van der Waals surface area contributed by atoms with E-state index in [1.165, 1.54) is 29.5 Å². The summed E-state index contributed by atoms with van der Waals surface area (Å²) in [5, 5.41) is 6.54.